The van der Waals surface area contributed by atoms with Gasteiger partial charge in [0, 0.05) is 44.0 Å². The van der Waals surface area contributed by atoms with Crippen molar-refractivity contribution in [2.75, 3.05) is 4.90 Å². The number of hydrogen-bond donors (Lipinski definition) is 0. The molecule has 0 spiro atoms. The molecule has 0 saturated carbocycles. The van der Waals surface area contributed by atoms with Crippen molar-refractivity contribution in [3.8, 4) is 39.1 Å². The summed E-state index contributed by atoms with van der Waals surface area (Å²) in [6, 6.07) is 72.4. The number of hydrogen-bond acceptors (Lipinski definition) is 1. The molecule has 12 rings (SSSR count). The van der Waals surface area contributed by atoms with Crippen molar-refractivity contribution in [3.63, 3.8) is 0 Å². The van der Waals surface area contributed by atoms with Gasteiger partial charge in [-0.25, -0.2) is 0 Å². The van der Waals surface area contributed by atoms with Gasteiger partial charge in [0.25, 0.3) is 0 Å². The van der Waals surface area contributed by atoms with Gasteiger partial charge >= 0.3 is 0 Å². The summed E-state index contributed by atoms with van der Waals surface area (Å²) in [5.74, 6) is 0. The molecule has 0 atom stereocenters. The Morgan fingerprint density at radius 1 is 0.383 bits per heavy atom. The lowest BCUT2D eigenvalue weighted by atomic mass is 9.82. The second kappa shape index (κ2) is 12.7. The molecule has 0 N–H and O–H groups in total. The summed E-state index contributed by atoms with van der Waals surface area (Å²) in [7, 11) is 0. The van der Waals surface area contributed by atoms with E-state index in [1.165, 1.54) is 105 Å². The average molecular weight is 769 g/mol. The van der Waals surface area contributed by atoms with Crippen LogP contribution in [0, 0.1) is 0 Å². The van der Waals surface area contributed by atoms with E-state index in [0.717, 1.165) is 5.69 Å². The highest BCUT2D eigenvalue weighted by Gasteiger charge is 2.40. The lowest BCUT2D eigenvalue weighted by Gasteiger charge is -2.31. The summed E-state index contributed by atoms with van der Waals surface area (Å²) in [6.45, 7) is 9.51. The highest BCUT2D eigenvalue weighted by Crippen LogP contribution is 2.58. The number of fused-ring (bicyclic) bond motifs is 10. The van der Waals surface area contributed by atoms with Crippen LogP contribution >= 0.6 is 0 Å². The SMILES string of the molecule is CC1(C)c2ccccc2-c2c(N(c3ccc4ccc(-n5c6ccccc6c6ccccc65)c(-c5ccccc5)c4c3)c3cccc4c3-c3ccccc3C4(C)C)cccc21. The van der Waals surface area contributed by atoms with Crippen molar-refractivity contribution in [2.24, 2.45) is 0 Å². The summed E-state index contributed by atoms with van der Waals surface area (Å²) >= 11 is 0. The van der Waals surface area contributed by atoms with Gasteiger partial charge in [-0.2, -0.15) is 0 Å². The number of anilines is 3. The Morgan fingerprint density at radius 2 is 0.867 bits per heavy atom. The van der Waals surface area contributed by atoms with Crippen LogP contribution in [0.15, 0.2) is 194 Å². The van der Waals surface area contributed by atoms with Gasteiger partial charge in [-0.15, -0.1) is 0 Å². The lowest BCUT2D eigenvalue weighted by Crippen LogP contribution is -2.17. The summed E-state index contributed by atoms with van der Waals surface area (Å²) in [5.41, 5.74) is 19.9. The maximum Gasteiger partial charge on any atom is 0.0547 e. The first-order chi connectivity index (χ1) is 29.3. The Balaban J connectivity index is 1.20. The molecule has 2 heteroatoms. The number of aromatic nitrogens is 1. The van der Waals surface area contributed by atoms with E-state index in [9.17, 15) is 0 Å². The largest absolute Gasteiger partial charge is 0.309 e. The molecule has 1 aromatic heterocycles. The molecule has 2 aliphatic rings. The number of rotatable bonds is 5. The third-order valence-corrected chi connectivity index (χ3v) is 13.8. The zero-order valence-corrected chi connectivity index (χ0v) is 34.4. The van der Waals surface area contributed by atoms with Crippen LogP contribution in [0.2, 0.25) is 0 Å². The second-order valence-corrected chi connectivity index (χ2v) is 17.7. The van der Waals surface area contributed by atoms with Crippen molar-refractivity contribution in [1.29, 1.82) is 0 Å². The number of benzene rings is 9. The van der Waals surface area contributed by atoms with Gasteiger partial charge in [0.05, 0.1) is 28.1 Å². The number of nitrogens with zero attached hydrogens (tertiary/aromatic N) is 2. The van der Waals surface area contributed by atoms with Gasteiger partial charge in [-0.1, -0.05) is 179 Å². The van der Waals surface area contributed by atoms with Crippen LogP contribution in [0.5, 0.6) is 0 Å². The molecule has 0 fully saturated rings. The summed E-state index contributed by atoms with van der Waals surface area (Å²) in [6.07, 6.45) is 0. The van der Waals surface area contributed by atoms with Gasteiger partial charge in [0.15, 0.2) is 0 Å². The van der Waals surface area contributed by atoms with Crippen LogP contribution in [0.1, 0.15) is 49.9 Å². The Kier molecular flexibility index (Phi) is 7.36. The van der Waals surface area contributed by atoms with Gasteiger partial charge in [0.1, 0.15) is 0 Å². The van der Waals surface area contributed by atoms with Crippen LogP contribution in [-0.4, -0.2) is 4.57 Å². The maximum atomic E-state index is 2.58. The molecule has 0 unspecified atom stereocenters. The van der Waals surface area contributed by atoms with E-state index in [-0.39, 0.29) is 10.8 Å². The van der Waals surface area contributed by atoms with Gasteiger partial charge in [-0.05, 0) is 92.2 Å². The Bertz CT molecular complexity index is 3220. The molecule has 2 aliphatic carbocycles. The summed E-state index contributed by atoms with van der Waals surface area (Å²) in [4.78, 5) is 2.58. The van der Waals surface area contributed by atoms with Crippen LogP contribution in [0.4, 0.5) is 17.1 Å². The van der Waals surface area contributed by atoms with E-state index in [1.54, 1.807) is 0 Å². The minimum atomic E-state index is -0.137. The number of para-hydroxylation sites is 2. The quantitative estimate of drug-likeness (QED) is 0.169. The normalized spacial score (nSPS) is 14.3. The first-order valence-corrected chi connectivity index (χ1v) is 21.2. The third-order valence-electron chi connectivity index (χ3n) is 13.8. The molecular weight excluding hydrogens is 725 g/mol. The maximum absolute atomic E-state index is 2.58. The third kappa shape index (κ3) is 4.76. The predicted molar refractivity (Wildman–Crippen MR) is 254 cm³/mol. The zero-order chi connectivity index (χ0) is 40.3. The fourth-order valence-corrected chi connectivity index (χ4v) is 11.0. The molecule has 60 heavy (non-hydrogen) atoms. The fourth-order valence-electron chi connectivity index (χ4n) is 11.0. The van der Waals surface area contributed by atoms with Crippen molar-refractivity contribution in [1.82, 2.24) is 4.57 Å². The van der Waals surface area contributed by atoms with Crippen molar-refractivity contribution in [3.05, 3.63) is 216 Å². The predicted octanol–water partition coefficient (Wildman–Crippen LogP) is 15.7. The monoisotopic (exact) mass is 768 g/mol. The zero-order valence-electron chi connectivity index (χ0n) is 34.4. The molecule has 286 valence electrons. The molecule has 0 aliphatic heterocycles. The Hall–Kier alpha value is -7.16. The van der Waals surface area contributed by atoms with E-state index in [1.807, 2.05) is 0 Å². The van der Waals surface area contributed by atoms with E-state index >= 15 is 0 Å². The smallest absolute Gasteiger partial charge is 0.0547 e. The highest BCUT2D eigenvalue weighted by molar-refractivity contribution is 6.12. The van der Waals surface area contributed by atoms with Crippen LogP contribution in [0.25, 0.3) is 71.6 Å². The summed E-state index contributed by atoms with van der Waals surface area (Å²) < 4.78 is 2.48. The molecule has 0 amide bonds. The van der Waals surface area contributed by atoms with E-state index in [2.05, 4.69) is 231 Å². The molecular formula is C58H44N2. The Labute approximate surface area is 351 Å². The van der Waals surface area contributed by atoms with Crippen molar-refractivity contribution in [2.45, 2.75) is 38.5 Å². The van der Waals surface area contributed by atoms with Crippen LogP contribution in [0.3, 0.4) is 0 Å². The van der Waals surface area contributed by atoms with Crippen LogP contribution < -0.4 is 4.90 Å². The van der Waals surface area contributed by atoms with Crippen molar-refractivity contribution >= 4 is 49.6 Å². The van der Waals surface area contributed by atoms with E-state index in [0.29, 0.717) is 0 Å². The van der Waals surface area contributed by atoms with Gasteiger partial charge in [0.2, 0.25) is 0 Å². The molecule has 0 bridgehead atoms. The molecule has 1 heterocycles. The topological polar surface area (TPSA) is 8.17 Å². The standard InChI is InChI=1S/C58H44N2/c1-57(2)45-24-12-8-22-42(45)55-47(57)26-16-30-51(55)59(52-31-17-27-48-56(52)43-23-9-13-25-46(43)58(48,3)4)39-34-32-37-33-35-53(54(44(37)36-39)38-18-6-5-7-19-38)60-49-28-14-10-20-40(49)41-21-11-15-29-50(41)60/h5-36H,1-4H3. The average Bonchev–Trinajstić information content (AvgIpc) is 3.84. The van der Waals surface area contributed by atoms with E-state index in [4.69, 9.17) is 0 Å². The van der Waals surface area contributed by atoms with Crippen LogP contribution in [-0.2, 0) is 10.8 Å². The Morgan fingerprint density at radius 3 is 1.45 bits per heavy atom. The van der Waals surface area contributed by atoms with Crippen molar-refractivity contribution < 1.29 is 0 Å². The van der Waals surface area contributed by atoms with Gasteiger partial charge < -0.3 is 9.47 Å². The first kappa shape index (κ1) is 34.8. The molecule has 0 radical (unpaired) electrons. The molecule has 2 nitrogen and oxygen atoms in total. The molecule has 0 saturated heterocycles. The highest BCUT2D eigenvalue weighted by atomic mass is 15.1. The minimum Gasteiger partial charge on any atom is -0.309 e. The minimum absolute atomic E-state index is 0.137. The van der Waals surface area contributed by atoms with E-state index < -0.39 is 0 Å². The van der Waals surface area contributed by atoms with Gasteiger partial charge in [-0.3, -0.25) is 0 Å². The molecule has 9 aromatic carbocycles. The fraction of sp³-hybridized carbons (Fsp3) is 0.103. The molecule has 10 aromatic rings. The first-order valence-electron chi connectivity index (χ1n) is 21.2. The second-order valence-electron chi connectivity index (χ2n) is 17.7. The summed E-state index contributed by atoms with van der Waals surface area (Å²) in [5, 5.41) is 4.94. The lowest BCUT2D eigenvalue weighted by molar-refractivity contribution is 0.660.